The fraction of sp³-hybridized carbons (Fsp3) is 0.286. The molecule has 12 heavy (non-hydrogen) atoms. The minimum atomic E-state index is -1.04. The molecule has 0 saturated heterocycles. The number of amidine groups is 1. The van der Waals surface area contributed by atoms with Gasteiger partial charge in [0.05, 0.1) is 6.07 Å². The molecule has 62 valence electrons. The van der Waals surface area contributed by atoms with E-state index in [1.54, 1.807) is 0 Å². The number of carboxylic acid groups (broad SMARTS) is 1. The number of carboxylic acids is 1. The zero-order valence-electron chi connectivity index (χ0n) is 6.19. The summed E-state index contributed by atoms with van der Waals surface area (Å²) in [6.45, 7) is 0. The van der Waals surface area contributed by atoms with Gasteiger partial charge in [0.15, 0.2) is 0 Å². The van der Waals surface area contributed by atoms with Crippen molar-refractivity contribution in [2.75, 3.05) is 0 Å². The summed E-state index contributed by atoms with van der Waals surface area (Å²) in [7, 11) is 0. The van der Waals surface area contributed by atoms with Crippen molar-refractivity contribution in [3.8, 4) is 6.07 Å². The van der Waals surface area contributed by atoms with E-state index in [1.807, 2.05) is 6.07 Å². The number of nitriles is 1. The molecule has 5 heteroatoms. The number of hydrogen-bond donors (Lipinski definition) is 2. The van der Waals surface area contributed by atoms with Gasteiger partial charge in [-0.2, -0.15) is 5.26 Å². The lowest BCUT2D eigenvalue weighted by atomic mass is 9.98. The lowest BCUT2D eigenvalue weighted by Crippen LogP contribution is -2.32. The van der Waals surface area contributed by atoms with Crippen LogP contribution < -0.4 is 5.73 Å². The first-order valence-electron chi connectivity index (χ1n) is 3.30. The van der Waals surface area contributed by atoms with Crippen molar-refractivity contribution in [1.82, 2.24) is 0 Å². The van der Waals surface area contributed by atoms with Crippen LogP contribution in [0.2, 0.25) is 0 Å². The van der Waals surface area contributed by atoms with Gasteiger partial charge in [0.1, 0.15) is 11.8 Å². The lowest BCUT2D eigenvalue weighted by Gasteiger charge is -2.13. The standard InChI is InChI=1S/C7H7N3O2/c8-2-4-1-5(7(11)12)6(9)10-3-4/h3,5H,1H2,(H2,9,10)(H,11,12). The van der Waals surface area contributed by atoms with Gasteiger partial charge in [-0.3, -0.25) is 4.79 Å². The molecule has 1 atom stereocenters. The molecule has 1 aliphatic rings. The zero-order valence-corrected chi connectivity index (χ0v) is 6.19. The summed E-state index contributed by atoms with van der Waals surface area (Å²) < 4.78 is 0. The minimum absolute atomic E-state index is 0.0569. The van der Waals surface area contributed by atoms with E-state index in [-0.39, 0.29) is 12.3 Å². The van der Waals surface area contributed by atoms with Crippen LogP contribution in [-0.4, -0.2) is 16.9 Å². The van der Waals surface area contributed by atoms with E-state index in [2.05, 4.69) is 4.99 Å². The Balaban J connectivity index is 2.88. The van der Waals surface area contributed by atoms with Gasteiger partial charge in [0.25, 0.3) is 0 Å². The molecule has 0 aromatic carbocycles. The third kappa shape index (κ3) is 1.42. The van der Waals surface area contributed by atoms with Crippen LogP contribution in [0.5, 0.6) is 0 Å². The summed E-state index contributed by atoms with van der Waals surface area (Å²) in [5, 5.41) is 17.1. The average Bonchev–Trinajstić information content (AvgIpc) is 2.05. The van der Waals surface area contributed by atoms with E-state index in [0.717, 1.165) is 0 Å². The van der Waals surface area contributed by atoms with Crippen LogP contribution in [0, 0.1) is 17.2 Å². The molecule has 3 N–H and O–H groups in total. The summed E-state index contributed by atoms with van der Waals surface area (Å²) in [5.74, 6) is -1.83. The third-order valence-corrected chi connectivity index (χ3v) is 1.59. The van der Waals surface area contributed by atoms with Crippen LogP contribution in [-0.2, 0) is 4.79 Å². The summed E-state index contributed by atoms with van der Waals surface area (Å²) >= 11 is 0. The Hall–Kier alpha value is -1.83. The van der Waals surface area contributed by atoms with Gasteiger partial charge in [0, 0.05) is 18.2 Å². The second-order valence-corrected chi connectivity index (χ2v) is 2.42. The van der Waals surface area contributed by atoms with E-state index >= 15 is 0 Å². The molecule has 0 aromatic rings. The lowest BCUT2D eigenvalue weighted by molar-refractivity contribution is -0.139. The number of rotatable bonds is 1. The molecule has 1 unspecified atom stereocenters. The highest BCUT2D eigenvalue weighted by Gasteiger charge is 2.25. The predicted molar refractivity (Wildman–Crippen MR) is 41.1 cm³/mol. The first-order valence-corrected chi connectivity index (χ1v) is 3.30. The molecule has 0 bridgehead atoms. The number of nitrogens with two attached hydrogens (primary N) is 1. The molecule has 1 rings (SSSR count). The molecule has 0 fully saturated rings. The number of allylic oxidation sites excluding steroid dienone is 1. The van der Waals surface area contributed by atoms with E-state index < -0.39 is 11.9 Å². The van der Waals surface area contributed by atoms with Gasteiger partial charge >= 0.3 is 5.97 Å². The molecule has 0 aromatic heterocycles. The van der Waals surface area contributed by atoms with E-state index in [9.17, 15) is 4.79 Å². The number of aliphatic imine (C=N–C) groups is 1. The smallest absolute Gasteiger partial charge is 0.314 e. The molecule has 0 amide bonds. The first-order chi connectivity index (χ1) is 5.65. The summed E-state index contributed by atoms with van der Waals surface area (Å²) in [6.07, 6.45) is 1.44. The Morgan fingerprint density at radius 3 is 3.08 bits per heavy atom. The first kappa shape index (κ1) is 8.27. The number of carbonyl (C=O) groups is 1. The van der Waals surface area contributed by atoms with Gasteiger partial charge in [-0.25, -0.2) is 4.99 Å². The van der Waals surface area contributed by atoms with Gasteiger partial charge < -0.3 is 10.8 Å². The molecular weight excluding hydrogens is 158 g/mol. The molecule has 0 saturated carbocycles. The van der Waals surface area contributed by atoms with Crippen LogP contribution in [0.4, 0.5) is 0 Å². The Morgan fingerprint density at radius 1 is 1.92 bits per heavy atom. The van der Waals surface area contributed by atoms with E-state index in [4.69, 9.17) is 16.1 Å². The molecule has 0 aliphatic carbocycles. The highest BCUT2D eigenvalue weighted by Crippen LogP contribution is 2.16. The van der Waals surface area contributed by atoms with Crippen molar-refractivity contribution < 1.29 is 9.90 Å². The summed E-state index contributed by atoms with van der Waals surface area (Å²) in [6, 6.07) is 1.84. The summed E-state index contributed by atoms with van der Waals surface area (Å²) in [5.41, 5.74) is 5.66. The Labute approximate surface area is 68.8 Å². The highest BCUT2D eigenvalue weighted by atomic mass is 16.4. The SMILES string of the molecule is N#CC1=CN=C(N)C(C(=O)O)C1. The Morgan fingerprint density at radius 2 is 2.58 bits per heavy atom. The van der Waals surface area contributed by atoms with Gasteiger partial charge in [-0.05, 0) is 0 Å². The molecule has 0 spiro atoms. The maximum atomic E-state index is 10.5. The highest BCUT2D eigenvalue weighted by molar-refractivity contribution is 6.00. The summed E-state index contributed by atoms with van der Waals surface area (Å²) in [4.78, 5) is 14.1. The van der Waals surface area contributed by atoms with Crippen molar-refractivity contribution in [2.45, 2.75) is 6.42 Å². The number of aliphatic carboxylic acids is 1. The maximum absolute atomic E-state index is 10.5. The van der Waals surface area contributed by atoms with Gasteiger partial charge in [-0.15, -0.1) is 0 Å². The Bertz CT molecular complexity index is 311. The molecule has 0 radical (unpaired) electrons. The van der Waals surface area contributed by atoms with Crippen LogP contribution in [0.1, 0.15) is 6.42 Å². The minimum Gasteiger partial charge on any atom is -0.481 e. The number of nitrogens with zero attached hydrogens (tertiary/aromatic N) is 2. The normalized spacial score (nSPS) is 22.1. The molecule has 1 aliphatic heterocycles. The van der Waals surface area contributed by atoms with Gasteiger partial charge in [-0.1, -0.05) is 0 Å². The van der Waals surface area contributed by atoms with E-state index in [1.165, 1.54) is 6.20 Å². The van der Waals surface area contributed by atoms with Crippen LogP contribution in [0.3, 0.4) is 0 Å². The second kappa shape index (κ2) is 3.05. The Kier molecular flexibility index (Phi) is 2.10. The van der Waals surface area contributed by atoms with E-state index in [0.29, 0.717) is 5.57 Å². The number of hydrogen-bond acceptors (Lipinski definition) is 4. The van der Waals surface area contributed by atoms with Crippen molar-refractivity contribution >= 4 is 11.8 Å². The van der Waals surface area contributed by atoms with Crippen LogP contribution in [0.15, 0.2) is 16.8 Å². The zero-order chi connectivity index (χ0) is 9.14. The quantitative estimate of drug-likeness (QED) is 0.564. The average molecular weight is 165 g/mol. The largest absolute Gasteiger partial charge is 0.481 e. The predicted octanol–water partition coefficient (Wildman–Crippen LogP) is -0.144. The topological polar surface area (TPSA) is 99.5 Å². The van der Waals surface area contributed by atoms with Crippen LogP contribution in [0.25, 0.3) is 0 Å². The fourth-order valence-electron chi connectivity index (χ4n) is 0.908. The molecule has 1 heterocycles. The van der Waals surface area contributed by atoms with Crippen molar-refractivity contribution in [3.05, 3.63) is 11.8 Å². The fourth-order valence-corrected chi connectivity index (χ4v) is 0.908. The maximum Gasteiger partial charge on any atom is 0.314 e. The molecule has 5 nitrogen and oxygen atoms in total. The third-order valence-electron chi connectivity index (χ3n) is 1.59. The van der Waals surface area contributed by atoms with Crippen molar-refractivity contribution in [1.29, 1.82) is 5.26 Å². The van der Waals surface area contributed by atoms with Gasteiger partial charge in [0.2, 0.25) is 0 Å². The van der Waals surface area contributed by atoms with Crippen molar-refractivity contribution in [3.63, 3.8) is 0 Å². The van der Waals surface area contributed by atoms with Crippen molar-refractivity contribution in [2.24, 2.45) is 16.6 Å². The second-order valence-electron chi connectivity index (χ2n) is 2.42. The molecular formula is C7H7N3O2. The van der Waals surface area contributed by atoms with Crippen LogP contribution >= 0.6 is 0 Å². The monoisotopic (exact) mass is 165 g/mol.